The zero-order valence-electron chi connectivity index (χ0n) is 15.3. The van der Waals surface area contributed by atoms with Crippen molar-refractivity contribution in [3.05, 3.63) is 35.6 Å². The van der Waals surface area contributed by atoms with Gasteiger partial charge in [-0.3, -0.25) is 4.90 Å². The highest BCUT2D eigenvalue weighted by molar-refractivity contribution is 5.74. The molecule has 0 saturated carbocycles. The number of urea groups is 1. The topological polar surface area (TPSA) is 35.6 Å². The number of nitrogens with zero attached hydrogens (tertiary/aromatic N) is 2. The van der Waals surface area contributed by atoms with Gasteiger partial charge in [0.15, 0.2) is 0 Å². The van der Waals surface area contributed by atoms with E-state index in [4.69, 9.17) is 0 Å². The fraction of sp³-hybridized carbons (Fsp3) is 0.632. The van der Waals surface area contributed by atoms with Gasteiger partial charge in [-0.25, -0.2) is 9.18 Å². The van der Waals surface area contributed by atoms with Crippen molar-refractivity contribution >= 4 is 6.03 Å². The van der Waals surface area contributed by atoms with Gasteiger partial charge in [0.05, 0.1) is 0 Å². The van der Waals surface area contributed by atoms with Crippen molar-refractivity contribution in [1.29, 1.82) is 0 Å². The Morgan fingerprint density at radius 1 is 1.17 bits per heavy atom. The van der Waals surface area contributed by atoms with Crippen molar-refractivity contribution in [3.8, 4) is 0 Å². The second-order valence-corrected chi connectivity index (χ2v) is 7.68. The first-order valence-electron chi connectivity index (χ1n) is 8.80. The van der Waals surface area contributed by atoms with Crippen molar-refractivity contribution in [2.75, 3.05) is 26.2 Å². The smallest absolute Gasteiger partial charge is 0.317 e. The molecule has 134 valence electrons. The zero-order chi connectivity index (χ0) is 17.7. The van der Waals surface area contributed by atoms with Gasteiger partial charge in [0.25, 0.3) is 0 Å². The third kappa shape index (κ3) is 5.48. The molecule has 0 bridgehead atoms. The van der Waals surface area contributed by atoms with E-state index in [0.29, 0.717) is 6.42 Å². The van der Waals surface area contributed by atoms with Crippen LogP contribution in [-0.2, 0) is 6.42 Å². The summed E-state index contributed by atoms with van der Waals surface area (Å²) in [4.78, 5) is 16.8. The van der Waals surface area contributed by atoms with Crippen molar-refractivity contribution in [1.82, 2.24) is 15.1 Å². The molecule has 5 heteroatoms. The van der Waals surface area contributed by atoms with Crippen LogP contribution in [0.3, 0.4) is 0 Å². The van der Waals surface area contributed by atoms with E-state index in [2.05, 4.69) is 31.0 Å². The van der Waals surface area contributed by atoms with E-state index in [9.17, 15) is 9.18 Å². The molecule has 1 aromatic rings. The van der Waals surface area contributed by atoms with Gasteiger partial charge in [-0.05, 0) is 58.2 Å². The minimum atomic E-state index is -0.233. The van der Waals surface area contributed by atoms with Crippen LogP contribution in [0.15, 0.2) is 24.3 Å². The maximum absolute atomic E-state index is 13.0. The molecule has 1 N–H and O–H groups in total. The van der Waals surface area contributed by atoms with E-state index in [1.165, 1.54) is 12.1 Å². The summed E-state index contributed by atoms with van der Waals surface area (Å²) in [5.74, 6) is -0.233. The summed E-state index contributed by atoms with van der Waals surface area (Å²) >= 11 is 0. The van der Waals surface area contributed by atoms with Crippen LogP contribution in [0.4, 0.5) is 9.18 Å². The molecule has 1 heterocycles. The van der Waals surface area contributed by atoms with Gasteiger partial charge in [-0.1, -0.05) is 12.1 Å². The Bertz CT molecular complexity index is 539. The number of benzene rings is 1. The predicted octanol–water partition coefficient (Wildman–Crippen LogP) is 3.27. The summed E-state index contributed by atoms with van der Waals surface area (Å²) in [6.45, 7) is 12.1. The molecule has 0 aromatic heterocycles. The highest BCUT2D eigenvalue weighted by Crippen LogP contribution is 2.16. The average molecular weight is 335 g/mol. The van der Waals surface area contributed by atoms with Crippen LogP contribution in [0.2, 0.25) is 0 Å². The van der Waals surface area contributed by atoms with E-state index < -0.39 is 0 Å². The first-order valence-corrected chi connectivity index (χ1v) is 8.80. The lowest BCUT2D eigenvalue weighted by atomic mass is 10.1. The van der Waals surface area contributed by atoms with Gasteiger partial charge < -0.3 is 10.2 Å². The summed E-state index contributed by atoms with van der Waals surface area (Å²) in [5.41, 5.74) is 1.17. The van der Waals surface area contributed by atoms with Gasteiger partial charge in [0.2, 0.25) is 0 Å². The molecule has 2 amide bonds. The minimum Gasteiger partial charge on any atom is -0.335 e. The first-order chi connectivity index (χ1) is 11.3. The Morgan fingerprint density at radius 3 is 2.46 bits per heavy atom. The highest BCUT2D eigenvalue weighted by Gasteiger charge is 2.26. The van der Waals surface area contributed by atoms with Crippen molar-refractivity contribution in [2.45, 2.75) is 52.1 Å². The summed E-state index contributed by atoms with van der Waals surface area (Å²) in [6, 6.07) is 6.47. The SMILES string of the molecule is CC(Cc1ccc(F)cc1)NC(=O)N1CCCN(C(C)(C)C)CC1. The Labute approximate surface area is 145 Å². The Balaban J connectivity index is 1.84. The molecule has 0 radical (unpaired) electrons. The molecule has 1 fully saturated rings. The fourth-order valence-corrected chi connectivity index (χ4v) is 3.12. The van der Waals surface area contributed by atoms with E-state index >= 15 is 0 Å². The number of nitrogens with one attached hydrogen (secondary N) is 1. The number of rotatable bonds is 3. The van der Waals surface area contributed by atoms with E-state index in [0.717, 1.165) is 38.2 Å². The van der Waals surface area contributed by atoms with Gasteiger partial charge in [0.1, 0.15) is 5.82 Å². The number of halogens is 1. The molecule has 1 atom stereocenters. The molecule has 24 heavy (non-hydrogen) atoms. The van der Waals surface area contributed by atoms with E-state index in [1.54, 1.807) is 12.1 Å². The monoisotopic (exact) mass is 335 g/mol. The van der Waals surface area contributed by atoms with Crippen LogP contribution in [0.25, 0.3) is 0 Å². The van der Waals surface area contributed by atoms with Gasteiger partial charge in [0, 0.05) is 37.8 Å². The van der Waals surface area contributed by atoms with Crippen LogP contribution in [-0.4, -0.2) is 53.6 Å². The van der Waals surface area contributed by atoms with Crippen LogP contribution in [0, 0.1) is 5.82 Å². The molecule has 1 aliphatic heterocycles. The summed E-state index contributed by atoms with van der Waals surface area (Å²) in [5, 5.41) is 3.07. The van der Waals surface area contributed by atoms with Crippen LogP contribution in [0.5, 0.6) is 0 Å². The number of hydrogen-bond acceptors (Lipinski definition) is 2. The molecule has 1 aromatic carbocycles. The van der Waals surface area contributed by atoms with Crippen molar-refractivity contribution in [3.63, 3.8) is 0 Å². The molecule has 1 unspecified atom stereocenters. The Kier molecular flexibility index (Phi) is 6.21. The number of amides is 2. The van der Waals surface area contributed by atoms with Crippen molar-refractivity contribution in [2.24, 2.45) is 0 Å². The molecule has 1 saturated heterocycles. The van der Waals surface area contributed by atoms with Crippen LogP contribution >= 0.6 is 0 Å². The second kappa shape index (κ2) is 7.97. The number of hydrogen-bond donors (Lipinski definition) is 1. The van der Waals surface area contributed by atoms with Gasteiger partial charge >= 0.3 is 6.03 Å². The summed E-state index contributed by atoms with van der Waals surface area (Å²) in [7, 11) is 0. The second-order valence-electron chi connectivity index (χ2n) is 7.68. The summed E-state index contributed by atoms with van der Waals surface area (Å²) in [6.07, 6.45) is 1.70. The van der Waals surface area contributed by atoms with Gasteiger partial charge in [-0.2, -0.15) is 0 Å². The average Bonchev–Trinajstić information content (AvgIpc) is 2.75. The third-order valence-electron chi connectivity index (χ3n) is 4.56. The minimum absolute atomic E-state index is 0.000343. The summed E-state index contributed by atoms with van der Waals surface area (Å²) < 4.78 is 13.0. The molecular weight excluding hydrogens is 305 g/mol. The van der Waals surface area contributed by atoms with Crippen molar-refractivity contribution < 1.29 is 9.18 Å². The van der Waals surface area contributed by atoms with E-state index in [1.807, 2.05) is 11.8 Å². The molecule has 2 rings (SSSR count). The lowest BCUT2D eigenvalue weighted by Crippen LogP contribution is -2.47. The standard InChI is InChI=1S/C19H30FN3O/c1-15(14-16-6-8-17(20)9-7-16)21-18(24)22-10-5-11-23(13-12-22)19(2,3)4/h6-9,15H,5,10-14H2,1-4H3,(H,21,24). The lowest BCUT2D eigenvalue weighted by Gasteiger charge is -2.34. The highest BCUT2D eigenvalue weighted by atomic mass is 19.1. The number of carbonyl (C=O) groups is 1. The van der Waals surface area contributed by atoms with E-state index in [-0.39, 0.29) is 23.4 Å². The quantitative estimate of drug-likeness (QED) is 0.920. The maximum Gasteiger partial charge on any atom is 0.317 e. The van der Waals surface area contributed by atoms with Crippen LogP contribution < -0.4 is 5.32 Å². The lowest BCUT2D eigenvalue weighted by molar-refractivity contribution is 0.141. The molecule has 0 spiro atoms. The zero-order valence-corrected chi connectivity index (χ0v) is 15.3. The van der Waals surface area contributed by atoms with Crippen LogP contribution in [0.1, 0.15) is 39.7 Å². The maximum atomic E-state index is 13.0. The first kappa shape index (κ1) is 18.7. The normalized spacial score (nSPS) is 18.1. The fourth-order valence-electron chi connectivity index (χ4n) is 3.12. The Morgan fingerprint density at radius 2 is 1.83 bits per heavy atom. The third-order valence-corrected chi connectivity index (χ3v) is 4.56. The molecule has 0 aliphatic carbocycles. The molecular formula is C19H30FN3O. The largest absolute Gasteiger partial charge is 0.335 e. The number of carbonyl (C=O) groups excluding carboxylic acids is 1. The predicted molar refractivity (Wildman–Crippen MR) is 95.6 cm³/mol. The molecule has 1 aliphatic rings. The molecule has 4 nitrogen and oxygen atoms in total. The van der Waals surface area contributed by atoms with Gasteiger partial charge in [-0.15, -0.1) is 0 Å². The Hall–Kier alpha value is -1.62.